The van der Waals surface area contributed by atoms with Gasteiger partial charge in [-0.25, -0.2) is 9.59 Å². The second kappa shape index (κ2) is 17.4. The van der Waals surface area contributed by atoms with Gasteiger partial charge in [0.2, 0.25) is 3.79 Å². The Balaban J connectivity index is 1.38. The molecule has 2 aliphatic heterocycles. The molecule has 2 atom stereocenters. The summed E-state index contributed by atoms with van der Waals surface area (Å²) in [5.41, 5.74) is 5.58. The Labute approximate surface area is 358 Å². The summed E-state index contributed by atoms with van der Waals surface area (Å²) in [5.74, 6) is 0.759. The van der Waals surface area contributed by atoms with E-state index in [-0.39, 0.29) is 31.5 Å². The van der Waals surface area contributed by atoms with Gasteiger partial charge in [-0.05, 0) is 120 Å². The Bertz CT molecular complexity index is 2020. The number of amides is 3. The van der Waals surface area contributed by atoms with E-state index in [1.54, 1.807) is 9.80 Å². The van der Waals surface area contributed by atoms with Crippen molar-refractivity contribution in [1.29, 1.82) is 0 Å². The Hall–Kier alpha value is -3.92. The van der Waals surface area contributed by atoms with Crippen molar-refractivity contribution in [3.8, 4) is 5.75 Å². The molecule has 1 saturated carbocycles. The number of aryl methyl sites for hydroxylation is 2. The number of carbonyl (C=O) groups excluding carboxylic acids is 3. The SMILES string of the molecule is Cc1ccc(C)c(OCCc2ccc(C3=C(C(=O)N(CCc4ccccc4)C4CC4)C4CN(C(=O)OC(C)(C)C)CC(C3)N4C(=O)OC(C)(C)C(Cl)(Cl)Cl)cc2)c1C. The molecule has 0 N–H and O–H groups in total. The van der Waals surface area contributed by atoms with E-state index in [1.807, 2.05) is 56.0 Å². The number of alkyl halides is 3. The predicted octanol–water partition coefficient (Wildman–Crippen LogP) is 10.2. The van der Waals surface area contributed by atoms with Crippen molar-refractivity contribution in [2.24, 2.45) is 0 Å². The molecular weight excluding hydrogens is 797 g/mol. The first-order chi connectivity index (χ1) is 27.2. The number of benzene rings is 3. The third kappa shape index (κ3) is 10.1. The van der Waals surface area contributed by atoms with Crippen LogP contribution in [0, 0.1) is 20.8 Å². The lowest BCUT2D eigenvalue weighted by molar-refractivity contribution is -0.129. The van der Waals surface area contributed by atoms with Crippen LogP contribution in [-0.4, -0.2) is 92.2 Å². The van der Waals surface area contributed by atoms with Gasteiger partial charge in [0.1, 0.15) is 11.4 Å². The zero-order valence-electron chi connectivity index (χ0n) is 34.9. The van der Waals surface area contributed by atoms with E-state index in [1.165, 1.54) is 19.4 Å². The number of piperazine rings is 1. The van der Waals surface area contributed by atoms with Crippen molar-refractivity contribution >= 4 is 58.5 Å². The summed E-state index contributed by atoms with van der Waals surface area (Å²) in [6, 6.07) is 21.2. The molecule has 3 amide bonds. The summed E-state index contributed by atoms with van der Waals surface area (Å²) in [6.07, 6.45) is 2.19. The summed E-state index contributed by atoms with van der Waals surface area (Å²) in [4.78, 5) is 48.5. The van der Waals surface area contributed by atoms with E-state index in [9.17, 15) is 9.59 Å². The van der Waals surface area contributed by atoms with Crippen LogP contribution in [0.15, 0.2) is 72.3 Å². The molecule has 9 nitrogen and oxygen atoms in total. The third-order valence-electron chi connectivity index (χ3n) is 11.3. The van der Waals surface area contributed by atoms with Crippen LogP contribution >= 0.6 is 34.8 Å². The monoisotopic (exact) mass is 851 g/mol. The molecule has 2 heterocycles. The van der Waals surface area contributed by atoms with Gasteiger partial charge in [0.25, 0.3) is 5.91 Å². The zero-order valence-corrected chi connectivity index (χ0v) is 37.1. The number of halogens is 3. The molecule has 0 aromatic heterocycles. The molecule has 0 spiro atoms. The van der Waals surface area contributed by atoms with Gasteiger partial charge in [0.05, 0.1) is 18.7 Å². The highest BCUT2D eigenvalue weighted by Crippen LogP contribution is 2.44. The van der Waals surface area contributed by atoms with E-state index in [0.29, 0.717) is 31.6 Å². The van der Waals surface area contributed by atoms with Crippen LogP contribution in [0.5, 0.6) is 5.75 Å². The first-order valence-corrected chi connectivity index (χ1v) is 21.3. The highest BCUT2D eigenvalue weighted by atomic mass is 35.6. The minimum absolute atomic E-state index is 0.0176. The molecule has 1 saturated heterocycles. The van der Waals surface area contributed by atoms with Crippen LogP contribution in [0.1, 0.15) is 87.3 Å². The van der Waals surface area contributed by atoms with Crippen molar-refractivity contribution in [3.63, 3.8) is 0 Å². The lowest BCUT2D eigenvalue weighted by atomic mass is 9.81. The lowest BCUT2D eigenvalue weighted by Crippen LogP contribution is -2.66. The second-order valence-electron chi connectivity index (χ2n) is 17.3. The summed E-state index contributed by atoms with van der Waals surface area (Å²) in [5, 5.41) is 0. The molecular formula is C46H56Cl3N3O6. The van der Waals surface area contributed by atoms with Gasteiger partial charge >= 0.3 is 12.2 Å². The number of hydrogen-bond donors (Lipinski definition) is 0. The first-order valence-electron chi connectivity index (χ1n) is 20.2. The summed E-state index contributed by atoms with van der Waals surface area (Å²) < 4.78 is 16.1. The maximum Gasteiger partial charge on any atom is 0.411 e. The van der Waals surface area contributed by atoms with Gasteiger partial charge < -0.3 is 24.0 Å². The molecule has 2 unspecified atom stereocenters. The van der Waals surface area contributed by atoms with Crippen molar-refractivity contribution in [2.75, 3.05) is 26.2 Å². The molecule has 0 radical (unpaired) electrons. The van der Waals surface area contributed by atoms with Crippen LogP contribution in [-0.2, 0) is 27.1 Å². The fourth-order valence-corrected chi connectivity index (χ4v) is 7.83. The van der Waals surface area contributed by atoms with E-state index < -0.39 is 39.3 Å². The smallest absolute Gasteiger partial charge is 0.411 e. The average molecular weight is 853 g/mol. The molecule has 6 rings (SSSR count). The molecule has 3 aromatic rings. The minimum Gasteiger partial charge on any atom is -0.493 e. The van der Waals surface area contributed by atoms with E-state index in [2.05, 4.69) is 57.2 Å². The van der Waals surface area contributed by atoms with Gasteiger partial charge in [0, 0.05) is 37.7 Å². The van der Waals surface area contributed by atoms with Crippen LogP contribution in [0.2, 0.25) is 0 Å². The van der Waals surface area contributed by atoms with Crippen molar-refractivity contribution < 1.29 is 28.6 Å². The van der Waals surface area contributed by atoms with Crippen LogP contribution in [0.3, 0.4) is 0 Å². The Morgan fingerprint density at radius 2 is 1.41 bits per heavy atom. The quantitative estimate of drug-likeness (QED) is 0.179. The number of carbonyl (C=O) groups is 3. The number of ether oxygens (including phenoxy) is 3. The molecule has 1 aliphatic carbocycles. The molecule has 12 heteroatoms. The van der Waals surface area contributed by atoms with Crippen molar-refractivity contribution in [3.05, 3.63) is 106 Å². The van der Waals surface area contributed by atoms with E-state index >= 15 is 4.79 Å². The standard InChI is InChI=1S/C46H56Cl3N3O6/c1-29-14-15-30(2)40(31(29)3)56-25-23-33-16-18-34(19-17-33)37-26-36-27-50(42(54)57-44(4,5)6)28-38(52(36)43(55)58-45(7,8)46(47,48)49)39(37)41(53)51(35-20-21-35)24-22-32-12-10-9-11-13-32/h9-19,35-36,38H,20-28H2,1-8H3. The van der Waals surface area contributed by atoms with Crippen LogP contribution in [0.4, 0.5) is 9.59 Å². The highest BCUT2D eigenvalue weighted by Gasteiger charge is 2.52. The van der Waals surface area contributed by atoms with Gasteiger partial charge in [-0.15, -0.1) is 0 Å². The van der Waals surface area contributed by atoms with Gasteiger partial charge in [-0.3, -0.25) is 9.69 Å². The third-order valence-corrected chi connectivity index (χ3v) is 12.7. The zero-order chi connectivity index (χ0) is 42.2. The van der Waals surface area contributed by atoms with Gasteiger partial charge in [-0.2, -0.15) is 0 Å². The topological polar surface area (TPSA) is 88.6 Å². The lowest BCUT2D eigenvalue weighted by Gasteiger charge is -2.51. The second-order valence-corrected chi connectivity index (χ2v) is 19.6. The molecule has 3 aromatic carbocycles. The number of rotatable bonds is 11. The van der Waals surface area contributed by atoms with E-state index in [4.69, 9.17) is 49.0 Å². The number of hydrogen-bond acceptors (Lipinski definition) is 6. The van der Waals surface area contributed by atoms with Gasteiger partial charge in [-0.1, -0.05) is 102 Å². The van der Waals surface area contributed by atoms with E-state index in [0.717, 1.165) is 52.0 Å². The fourth-order valence-electron chi connectivity index (χ4n) is 7.71. The Morgan fingerprint density at radius 1 is 0.776 bits per heavy atom. The van der Waals surface area contributed by atoms with Gasteiger partial charge in [0.15, 0.2) is 5.60 Å². The Morgan fingerprint density at radius 3 is 2.03 bits per heavy atom. The van der Waals surface area contributed by atoms with Crippen molar-refractivity contribution in [2.45, 2.75) is 121 Å². The number of fused-ring (bicyclic) bond motifs is 2. The largest absolute Gasteiger partial charge is 0.493 e. The highest BCUT2D eigenvalue weighted by molar-refractivity contribution is 6.68. The molecule has 312 valence electrons. The predicted molar refractivity (Wildman–Crippen MR) is 231 cm³/mol. The molecule has 2 fully saturated rings. The molecule has 2 bridgehead atoms. The summed E-state index contributed by atoms with van der Waals surface area (Å²) >= 11 is 18.9. The van der Waals surface area contributed by atoms with Crippen LogP contribution < -0.4 is 4.74 Å². The maximum absolute atomic E-state index is 15.3. The average Bonchev–Trinajstić information content (AvgIpc) is 3.99. The minimum atomic E-state index is -1.93. The number of nitrogens with zero attached hydrogens (tertiary/aromatic N) is 3. The molecule has 58 heavy (non-hydrogen) atoms. The normalized spacial score (nSPS) is 18.5. The van der Waals surface area contributed by atoms with Crippen LogP contribution in [0.25, 0.3) is 5.57 Å². The summed E-state index contributed by atoms with van der Waals surface area (Å²) in [6.45, 7) is 15.9. The maximum atomic E-state index is 15.3. The van der Waals surface area contributed by atoms with Crippen molar-refractivity contribution in [1.82, 2.24) is 14.7 Å². The first kappa shape index (κ1) is 43.7. The Kier molecular flexibility index (Phi) is 13.1. The molecule has 3 aliphatic rings. The summed E-state index contributed by atoms with van der Waals surface area (Å²) in [7, 11) is 0. The fraction of sp³-hybridized carbons (Fsp3) is 0.500.